The molecule has 0 radical (unpaired) electrons. The number of anilines is 1. The molecule has 25 heavy (non-hydrogen) atoms. The second-order valence-corrected chi connectivity index (χ2v) is 7.37. The van der Waals surface area contributed by atoms with Crippen LogP contribution in [-0.2, 0) is 4.74 Å². The molecule has 0 aliphatic carbocycles. The summed E-state index contributed by atoms with van der Waals surface area (Å²) in [4.78, 5) is 18.7. The number of halogens is 2. The van der Waals surface area contributed by atoms with Gasteiger partial charge in [-0.05, 0) is 28.1 Å². The fourth-order valence-corrected chi connectivity index (χ4v) is 3.74. The zero-order valence-electron chi connectivity index (χ0n) is 14.2. The van der Waals surface area contributed by atoms with Crippen LogP contribution in [0.3, 0.4) is 0 Å². The van der Waals surface area contributed by atoms with Crippen molar-refractivity contribution in [3.63, 3.8) is 0 Å². The molecule has 2 aromatic rings. The molecule has 0 saturated carbocycles. The molecule has 0 N–H and O–H groups in total. The molecule has 1 aliphatic rings. The Morgan fingerprint density at radius 2 is 1.84 bits per heavy atom. The number of pyridine rings is 1. The summed E-state index contributed by atoms with van der Waals surface area (Å²) in [6.45, 7) is 5.39. The van der Waals surface area contributed by atoms with Crippen molar-refractivity contribution in [2.45, 2.75) is 20.0 Å². The highest BCUT2D eigenvalue weighted by Crippen LogP contribution is 2.29. The van der Waals surface area contributed by atoms with Crippen LogP contribution in [0.1, 0.15) is 24.2 Å². The van der Waals surface area contributed by atoms with Gasteiger partial charge in [0.25, 0.3) is 0 Å². The van der Waals surface area contributed by atoms with Gasteiger partial charge in [0.1, 0.15) is 22.3 Å². The quantitative estimate of drug-likeness (QED) is 0.562. The molecule has 1 saturated heterocycles. The highest BCUT2D eigenvalue weighted by Gasteiger charge is 2.35. The summed E-state index contributed by atoms with van der Waals surface area (Å²) < 4.78 is 19.9. The topological polar surface area (TPSA) is 42.4 Å². The predicted octanol–water partition coefficient (Wildman–Crippen LogP) is 4.30. The molecular weight excluding hydrogens is 387 g/mol. The molecule has 2 heterocycles. The number of carbonyl (C=O) groups is 1. The number of ether oxygens (including phenoxy) is 1. The van der Waals surface area contributed by atoms with E-state index in [1.807, 2.05) is 36.9 Å². The van der Waals surface area contributed by atoms with E-state index in [2.05, 4.69) is 20.9 Å². The Labute approximate surface area is 155 Å². The van der Waals surface area contributed by atoms with Crippen LogP contribution < -0.4 is 4.90 Å². The first kappa shape index (κ1) is 17.9. The van der Waals surface area contributed by atoms with Gasteiger partial charge in [0.2, 0.25) is 0 Å². The molecule has 0 bridgehead atoms. The summed E-state index contributed by atoms with van der Waals surface area (Å²) in [6, 6.07) is 11.8. The lowest BCUT2D eigenvalue weighted by atomic mass is 9.88. The van der Waals surface area contributed by atoms with Crippen LogP contribution in [0.4, 0.5) is 10.2 Å². The van der Waals surface area contributed by atoms with Crippen LogP contribution in [0.15, 0.2) is 47.1 Å². The van der Waals surface area contributed by atoms with E-state index in [1.165, 1.54) is 12.1 Å². The van der Waals surface area contributed by atoms with Gasteiger partial charge in [0, 0.05) is 37.1 Å². The molecule has 132 valence electrons. The summed E-state index contributed by atoms with van der Waals surface area (Å²) in [6.07, 6.45) is -0.180. The standard InChI is InChI=1S/C19H20BrFN2O2/c1-12-10-23(17-9-15(21)8-16(20)22-17)11-13(2)18(12)25-19(24)14-6-4-3-5-7-14/h3-9,12-13,18H,10-11H2,1-2H3/t12-,13+,18?. The number of carbonyl (C=O) groups excluding carboxylic acids is 1. The number of rotatable bonds is 3. The van der Waals surface area contributed by atoms with E-state index in [0.29, 0.717) is 29.1 Å². The molecule has 0 amide bonds. The van der Waals surface area contributed by atoms with Crippen molar-refractivity contribution in [1.29, 1.82) is 0 Å². The summed E-state index contributed by atoms with van der Waals surface area (Å²) in [7, 11) is 0. The molecule has 4 nitrogen and oxygen atoms in total. The van der Waals surface area contributed by atoms with E-state index < -0.39 is 0 Å². The predicted molar refractivity (Wildman–Crippen MR) is 98.1 cm³/mol. The summed E-state index contributed by atoms with van der Waals surface area (Å²) in [5, 5.41) is 0. The third-order valence-electron chi connectivity index (χ3n) is 4.46. The van der Waals surface area contributed by atoms with Crippen molar-refractivity contribution in [2.75, 3.05) is 18.0 Å². The van der Waals surface area contributed by atoms with Crippen LogP contribution in [0.25, 0.3) is 0 Å². The average Bonchev–Trinajstić information content (AvgIpc) is 2.57. The van der Waals surface area contributed by atoms with E-state index >= 15 is 0 Å². The molecule has 1 unspecified atom stereocenters. The van der Waals surface area contributed by atoms with Gasteiger partial charge in [-0.1, -0.05) is 32.0 Å². The van der Waals surface area contributed by atoms with Crippen LogP contribution >= 0.6 is 15.9 Å². The highest BCUT2D eigenvalue weighted by molar-refractivity contribution is 9.10. The number of nitrogens with zero attached hydrogens (tertiary/aromatic N) is 2. The monoisotopic (exact) mass is 406 g/mol. The molecule has 1 aromatic carbocycles. The van der Waals surface area contributed by atoms with Gasteiger partial charge in [-0.15, -0.1) is 0 Å². The Hall–Kier alpha value is -1.95. The first-order valence-electron chi connectivity index (χ1n) is 8.28. The van der Waals surface area contributed by atoms with E-state index in [0.717, 1.165) is 0 Å². The zero-order chi connectivity index (χ0) is 18.0. The molecular formula is C19H20BrFN2O2. The molecule has 3 rings (SSSR count). The Bertz CT molecular complexity index is 724. The van der Waals surface area contributed by atoms with Crippen LogP contribution in [0.5, 0.6) is 0 Å². The average molecular weight is 407 g/mol. The van der Waals surface area contributed by atoms with Crippen LogP contribution in [0.2, 0.25) is 0 Å². The van der Waals surface area contributed by atoms with Crippen LogP contribution in [-0.4, -0.2) is 30.1 Å². The lowest BCUT2D eigenvalue weighted by molar-refractivity contribution is -0.00720. The Morgan fingerprint density at radius 3 is 2.44 bits per heavy atom. The van der Waals surface area contributed by atoms with Crippen molar-refractivity contribution < 1.29 is 13.9 Å². The van der Waals surface area contributed by atoms with E-state index in [-0.39, 0.29) is 29.7 Å². The van der Waals surface area contributed by atoms with E-state index in [1.54, 1.807) is 12.1 Å². The molecule has 6 heteroatoms. The third kappa shape index (κ3) is 4.18. The molecule has 0 spiro atoms. The Balaban J connectivity index is 1.71. The van der Waals surface area contributed by atoms with E-state index in [4.69, 9.17) is 4.74 Å². The molecule has 3 atom stereocenters. The second-order valence-electron chi connectivity index (χ2n) is 6.56. The second kappa shape index (κ2) is 7.52. The van der Waals surface area contributed by atoms with Crippen molar-refractivity contribution in [3.8, 4) is 0 Å². The van der Waals surface area contributed by atoms with Gasteiger partial charge < -0.3 is 9.64 Å². The zero-order valence-corrected chi connectivity index (χ0v) is 15.7. The fraction of sp³-hybridized carbons (Fsp3) is 0.368. The van der Waals surface area contributed by atoms with Gasteiger partial charge in [-0.25, -0.2) is 14.2 Å². The molecule has 1 fully saturated rings. The molecule has 1 aromatic heterocycles. The number of hydrogen-bond donors (Lipinski definition) is 0. The largest absolute Gasteiger partial charge is 0.458 e. The maximum Gasteiger partial charge on any atom is 0.338 e. The first-order valence-corrected chi connectivity index (χ1v) is 9.07. The van der Waals surface area contributed by atoms with Crippen molar-refractivity contribution in [3.05, 3.63) is 58.4 Å². The number of esters is 1. The fourth-order valence-electron chi connectivity index (χ4n) is 3.34. The number of aromatic nitrogens is 1. The lowest BCUT2D eigenvalue weighted by Crippen LogP contribution is -2.49. The summed E-state index contributed by atoms with van der Waals surface area (Å²) >= 11 is 3.23. The number of hydrogen-bond acceptors (Lipinski definition) is 4. The third-order valence-corrected chi connectivity index (χ3v) is 4.87. The van der Waals surface area contributed by atoms with E-state index in [9.17, 15) is 9.18 Å². The van der Waals surface area contributed by atoms with Gasteiger partial charge in [0.15, 0.2) is 0 Å². The minimum absolute atomic E-state index is 0.111. The van der Waals surface area contributed by atoms with Gasteiger partial charge >= 0.3 is 5.97 Å². The minimum Gasteiger partial charge on any atom is -0.458 e. The maximum absolute atomic E-state index is 13.6. The van der Waals surface area contributed by atoms with Gasteiger partial charge in [-0.3, -0.25) is 0 Å². The minimum atomic E-state index is -0.324. The maximum atomic E-state index is 13.6. The summed E-state index contributed by atoms with van der Waals surface area (Å²) in [5.41, 5.74) is 0.556. The van der Waals surface area contributed by atoms with Crippen molar-refractivity contribution in [1.82, 2.24) is 4.98 Å². The van der Waals surface area contributed by atoms with Gasteiger partial charge in [0.05, 0.1) is 5.56 Å². The van der Waals surface area contributed by atoms with Gasteiger partial charge in [-0.2, -0.15) is 0 Å². The smallest absolute Gasteiger partial charge is 0.338 e. The Morgan fingerprint density at radius 1 is 1.20 bits per heavy atom. The summed E-state index contributed by atoms with van der Waals surface area (Å²) in [5.74, 6) is 0.193. The number of benzene rings is 1. The number of piperidine rings is 1. The molecule has 1 aliphatic heterocycles. The normalized spacial score (nSPS) is 23.4. The Kier molecular flexibility index (Phi) is 5.37. The van der Waals surface area contributed by atoms with Crippen molar-refractivity contribution >= 4 is 27.7 Å². The van der Waals surface area contributed by atoms with Crippen LogP contribution in [0, 0.1) is 17.7 Å². The lowest BCUT2D eigenvalue weighted by Gasteiger charge is -2.41. The highest BCUT2D eigenvalue weighted by atomic mass is 79.9. The van der Waals surface area contributed by atoms with Crippen molar-refractivity contribution in [2.24, 2.45) is 11.8 Å². The SMILES string of the molecule is C[C@@H]1CN(c2cc(F)cc(Br)n2)C[C@H](C)C1OC(=O)c1ccccc1. The first-order chi connectivity index (χ1) is 11.9.